The first-order valence-electron chi connectivity index (χ1n) is 7.17. The summed E-state index contributed by atoms with van der Waals surface area (Å²) in [4.78, 5) is 19.9. The lowest BCUT2D eigenvalue weighted by atomic mass is 9.96. The van der Waals surface area contributed by atoms with Crippen molar-refractivity contribution in [1.82, 2.24) is 0 Å². The third-order valence-electron chi connectivity index (χ3n) is 3.47. The lowest BCUT2D eigenvalue weighted by molar-refractivity contribution is -0.165. The highest BCUT2D eigenvalue weighted by Crippen LogP contribution is 2.23. The Hall–Kier alpha value is -2.29. The Morgan fingerprint density at radius 3 is 1.96 bits per heavy atom. The van der Waals surface area contributed by atoms with Gasteiger partial charge in [0, 0.05) is 0 Å². The van der Waals surface area contributed by atoms with Gasteiger partial charge < -0.3 is 10.2 Å². The van der Waals surface area contributed by atoms with E-state index in [0.29, 0.717) is 5.56 Å². The van der Waals surface area contributed by atoms with Crippen molar-refractivity contribution in [2.45, 2.75) is 18.6 Å². The van der Waals surface area contributed by atoms with Crippen LogP contribution in [0.15, 0.2) is 60.7 Å². The first kappa shape index (κ1) is 19.8. The number of benzene rings is 2. The molecule has 24 heavy (non-hydrogen) atoms. The molecule has 0 spiro atoms. The van der Waals surface area contributed by atoms with E-state index in [-0.39, 0.29) is 6.61 Å². The zero-order chi connectivity index (χ0) is 18.0. The number of aliphatic carboxylic acids is 1. The van der Waals surface area contributed by atoms with Gasteiger partial charge in [0.1, 0.15) is 6.10 Å². The van der Waals surface area contributed by atoms with Gasteiger partial charge in [-0.15, -0.1) is 0 Å². The van der Waals surface area contributed by atoms with Gasteiger partial charge >= 0.3 is 5.97 Å². The summed E-state index contributed by atoms with van der Waals surface area (Å²) < 4.78 is 0. The summed E-state index contributed by atoms with van der Waals surface area (Å²) >= 11 is 0. The molecule has 0 amide bonds. The van der Waals surface area contributed by atoms with Crippen LogP contribution in [0.1, 0.15) is 24.2 Å². The van der Waals surface area contributed by atoms with Gasteiger partial charge in [0.15, 0.2) is 0 Å². The molecule has 2 unspecified atom stereocenters. The minimum atomic E-state index is -1.47. The lowest BCUT2D eigenvalue weighted by Crippen LogP contribution is -2.37. The van der Waals surface area contributed by atoms with Crippen molar-refractivity contribution < 1.29 is 24.7 Å². The Morgan fingerprint density at radius 2 is 1.58 bits per heavy atom. The maximum atomic E-state index is 10.8. The number of carboxylic acids is 1. The van der Waals surface area contributed by atoms with Crippen LogP contribution in [0, 0.1) is 0 Å². The number of rotatable bonds is 6. The molecule has 0 saturated carbocycles. The molecule has 130 valence electrons. The zero-order valence-corrected chi connectivity index (χ0v) is 13.3. The molecule has 0 fully saturated rings. The van der Waals surface area contributed by atoms with Gasteiger partial charge in [0.25, 0.3) is 0 Å². The smallest absolute Gasteiger partial charge is 0.342 e. The van der Waals surface area contributed by atoms with Crippen molar-refractivity contribution in [2.75, 3.05) is 6.61 Å². The van der Waals surface area contributed by atoms with Crippen LogP contribution in [0.4, 0.5) is 0 Å². The maximum absolute atomic E-state index is 10.8. The quantitative estimate of drug-likeness (QED) is 0.589. The van der Waals surface area contributed by atoms with Crippen LogP contribution in [0.25, 0.3) is 0 Å². The molecular weight excluding hydrogens is 312 g/mol. The van der Waals surface area contributed by atoms with E-state index in [9.17, 15) is 4.79 Å². The number of aliphatic hydroxyl groups is 1. The first-order valence-corrected chi connectivity index (χ1v) is 7.17. The number of carboxylic acid groups (broad SMARTS) is 1. The molecule has 2 atom stereocenters. The predicted molar refractivity (Wildman–Crippen MR) is 88.2 cm³/mol. The van der Waals surface area contributed by atoms with E-state index in [1.54, 1.807) is 30.3 Å². The molecule has 7 nitrogen and oxygen atoms in total. The summed E-state index contributed by atoms with van der Waals surface area (Å²) in [6.07, 6.45) is -0.406. The third-order valence-corrected chi connectivity index (χ3v) is 3.47. The van der Waals surface area contributed by atoms with Gasteiger partial charge in [-0.05, 0) is 18.1 Å². The molecule has 2 aromatic carbocycles. The second kappa shape index (κ2) is 9.76. The van der Waals surface area contributed by atoms with Gasteiger partial charge in [0.2, 0.25) is 5.60 Å². The molecule has 0 aromatic heterocycles. The van der Waals surface area contributed by atoms with Crippen LogP contribution >= 0.6 is 0 Å². The molecule has 0 aliphatic rings. The molecule has 0 bridgehead atoms. The van der Waals surface area contributed by atoms with Crippen LogP contribution in [0.5, 0.6) is 0 Å². The fourth-order valence-electron chi connectivity index (χ4n) is 1.89. The highest BCUT2D eigenvalue weighted by atomic mass is 16.6. The predicted octanol–water partition coefficient (Wildman–Crippen LogP) is 1.49. The van der Waals surface area contributed by atoms with Crippen LogP contribution in [-0.4, -0.2) is 22.8 Å². The summed E-state index contributed by atoms with van der Waals surface area (Å²) in [5, 5.41) is 17.7. The normalized spacial score (nSPS) is 14.0. The van der Waals surface area contributed by atoms with Gasteiger partial charge in [-0.2, -0.15) is 0 Å². The average Bonchev–Trinajstić information content (AvgIpc) is 2.64. The largest absolute Gasteiger partial charge is 0.479 e. The summed E-state index contributed by atoms with van der Waals surface area (Å²) in [5.41, 5.74) is -0.0659. The molecule has 0 radical (unpaired) electrons. The molecule has 7 heteroatoms. The Bertz CT molecular complexity index is 605. The van der Waals surface area contributed by atoms with E-state index in [2.05, 4.69) is 9.68 Å². The average molecular weight is 334 g/mol. The Labute approximate surface area is 140 Å². The molecule has 0 saturated heterocycles. The lowest BCUT2D eigenvalue weighted by Gasteiger charge is -2.22. The van der Waals surface area contributed by atoms with E-state index in [1.807, 2.05) is 30.3 Å². The zero-order valence-electron chi connectivity index (χ0n) is 13.3. The topological polar surface area (TPSA) is 128 Å². The molecule has 2 aromatic rings. The highest BCUT2D eigenvalue weighted by Gasteiger charge is 2.35. The fraction of sp³-hybridized carbons (Fsp3) is 0.235. The number of hydrogen-bond acceptors (Lipinski definition) is 6. The Morgan fingerprint density at radius 1 is 1.08 bits per heavy atom. The SMILES string of the molecule is CC(ON)(C(=O)O)c1ccccc1.NOC(CO)c1ccccc1. The molecule has 0 heterocycles. The highest BCUT2D eigenvalue weighted by molar-refractivity contribution is 5.78. The molecular formula is C17H22N2O5. The van der Waals surface area contributed by atoms with Gasteiger partial charge in [-0.1, -0.05) is 60.7 Å². The minimum absolute atomic E-state index is 0.0967. The van der Waals surface area contributed by atoms with Crippen LogP contribution < -0.4 is 11.8 Å². The van der Waals surface area contributed by atoms with Gasteiger partial charge in [0.05, 0.1) is 6.61 Å². The van der Waals surface area contributed by atoms with E-state index >= 15 is 0 Å². The van der Waals surface area contributed by atoms with Crippen molar-refractivity contribution in [3.05, 3.63) is 71.8 Å². The first-order chi connectivity index (χ1) is 11.5. The van der Waals surface area contributed by atoms with Crippen molar-refractivity contribution in [3.63, 3.8) is 0 Å². The van der Waals surface area contributed by atoms with Crippen molar-refractivity contribution in [1.29, 1.82) is 0 Å². The number of aliphatic hydroxyl groups excluding tert-OH is 1. The summed E-state index contributed by atoms with van der Waals surface area (Å²) in [7, 11) is 0. The van der Waals surface area contributed by atoms with Gasteiger partial charge in [-0.3, -0.25) is 9.68 Å². The monoisotopic (exact) mass is 334 g/mol. The van der Waals surface area contributed by atoms with Crippen molar-refractivity contribution in [3.8, 4) is 0 Å². The number of carbonyl (C=O) groups is 1. The molecule has 2 rings (SSSR count). The molecule has 6 N–H and O–H groups in total. The third kappa shape index (κ3) is 5.12. The second-order valence-electron chi connectivity index (χ2n) is 5.04. The fourth-order valence-corrected chi connectivity index (χ4v) is 1.89. The van der Waals surface area contributed by atoms with Gasteiger partial charge in [-0.25, -0.2) is 16.6 Å². The second-order valence-corrected chi connectivity index (χ2v) is 5.04. The van der Waals surface area contributed by atoms with Crippen LogP contribution in [0.3, 0.4) is 0 Å². The van der Waals surface area contributed by atoms with Crippen LogP contribution in [0.2, 0.25) is 0 Å². The van der Waals surface area contributed by atoms with E-state index in [1.165, 1.54) is 6.92 Å². The van der Waals surface area contributed by atoms with Crippen LogP contribution in [-0.2, 0) is 20.1 Å². The number of nitrogens with two attached hydrogens (primary N) is 2. The van der Waals surface area contributed by atoms with Crippen molar-refractivity contribution in [2.24, 2.45) is 11.8 Å². The number of hydrogen-bond donors (Lipinski definition) is 4. The van der Waals surface area contributed by atoms with Crippen molar-refractivity contribution >= 4 is 5.97 Å². The minimum Gasteiger partial charge on any atom is -0.479 e. The Balaban J connectivity index is 0.000000243. The molecule has 0 aliphatic carbocycles. The standard InChI is InChI=1S/C9H11NO3.C8H11NO2/c1-9(13-10,8(11)12)7-5-3-2-4-6-7;9-11-8(6-10)7-4-2-1-3-5-7/h2-6H,10H2,1H3,(H,11,12);1-5,8,10H,6,9H2. The van der Waals surface area contributed by atoms with E-state index < -0.39 is 17.7 Å². The Kier molecular flexibility index (Phi) is 8.03. The van der Waals surface area contributed by atoms with E-state index in [4.69, 9.17) is 22.0 Å². The summed E-state index contributed by atoms with van der Waals surface area (Å²) in [6.45, 7) is 1.31. The summed E-state index contributed by atoms with van der Waals surface area (Å²) in [6, 6.07) is 17.9. The van der Waals surface area contributed by atoms with E-state index in [0.717, 1.165) is 5.56 Å². The molecule has 0 aliphatic heterocycles. The summed E-state index contributed by atoms with van der Waals surface area (Å²) in [5.74, 6) is 8.80. The maximum Gasteiger partial charge on any atom is 0.342 e.